The third-order valence-electron chi connectivity index (χ3n) is 4.70. The Kier molecular flexibility index (Phi) is 23.1. The van der Waals surface area contributed by atoms with Crippen molar-refractivity contribution in [2.75, 3.05) is 26.7 Å². The van der Waals surface area contributed by atoms with E-state index in [9.17, 15) is 0 Å². The molecule has 2 aliphatic heterocycles. The normalized spacial score (nSPS) is 19.2. The second-order valence-electron chi connectivity index (χ2n) is 7.55. The van der Waals surface area contributed by atoms with E-state index in [0.29, 0.717) is 26.7 Å². The molecule has 0 saturated heterocycles. The van der Waals surface area contributed by atoms with E-state index in [1.165, 1.54) is 0 Å². The fourth-order valence-electron chi connectivity index (χ4n) is 2.05. The van der Waals surface area contributed by atoms with Crippen LogP contribution in [0.5, 0.6) is 0 Å². The molecular formula is C20H40N16Ni2-8. The molecular weight excluding hydrogens is 582 g/mol. The first kappa shape index (κ1) is 38.2. The summed E-state index contributed by atoms with van der Waals surface area (Å²) < 4.78 is 0. The second kappa shape index (κ2) is 23.0. The van der Waals surface area contributed by atoms with E-state index in [0.717, 1.165) is 45.6 Å². The van der Waals surface area contributed by atoms with Gasteiger partial charge in [0.15, 0.2) is 0 Å². The van der Waals surface area contributed by atoms with Gasteiger partial charge in [-0.15, -0.1) is 0 Å². The van der Waals surface area contributed by atoms with E-state index in [-0.39, 0.29) is 33.0 Å². The number of nitrogens with zero attached hydrogens (tertiary/aromatic N) is 8. The zero-order valence-corrected chi connectivity index (χ0v) is 25.0. The molecule has 228 valence electrons. The Hall–Kier alpha value is -1.97. The van der Waals surface area contributed by atoms with Crippen LogP contribution in [0.25, 0.3) is 43.4 Å². The number of nitrogens with one attached hydrogen (secondary N) is 8. The summed E-state index contributed by atoms with van der Waals surface area (Å²) in [6.45, 7) is 16.8. The summed E-state index contributed by atoms with van der Waals surface area (Å²) in [6.07, 6.45) is 0. The van der Waals surface area contributed by atoms with Crippen LogP contribution in [0.4, 0.5) is 0 Å². The molecule has 0 spiro atoms. The van der Waals surface area contributed by atoms with Gasteiger partial charge in [0.1, 0.15) is 0 Å². The molecule has 0 radical (unpaired) electrons. The Bertz CT molecular complexity index is 599. The second-order valence-corrected chi connectivity index (χ2v) is 7.55. The minimum absolute atomic E-state index is 0. The van der Waals surface area contributed by atoms with Gasteiger partial charge in [-0.2, -0.15) is 45.6 Å². The molecule has 0 aliphatic carbocycles. The Morgan fingerprint density at radius 3 is 0.500 bits per heavy atom. The van der Waals surface area contributed by atoms with E-state index < -0.39 is 0 Å². The zero-order chi connectivity index (χ0) is 26.8. The third-order valence-corrected chi connectivity index (χ3v) is 4.70. The van der Waals surface area contributed by atoms with Crippen molar-refractivity contribution < 1.29 is 33.0 Å². The Morgan fingerprint density at radius 2 is 0.395 bits per heavy atom. The van der Waals surface area contributed by atoms with E-state index >= 15 is 0 Å². The Morgan fingerprint density at radius 1 is 0.289 bits per heavy atom. The summed E-state index contributed by atoms with van der Waals surface area (Å²) in [5, 5.41) is 0. The van der Waals surface area contributed by atoms with Gasteiger partial charge in [-0.3, -0.25) is 0 Å². The van der Waals surface area contributed by atoms with E-state index in [4.69, 9.17) is 0 Å². The fraction of sp³-hybridized carbons (Fsp3) is 0.600. The standard InChI is InChI=1S/2C10H20N8.2Ni/c2*1-7-8(2)16-12-6-14-18-10(4)9(3)17-13-5-11-15-7;;/h2*11-14H,5-6H2,1-4H3;;/q2*-4;;. The fourth-order valence-corrected chi connectivity index (χ4v) is 2.05. The molecule has 0 atom stereocenters. The third kappa shape index (κ3) is 17.5. The van der Waals surface area contributed by atoms with Crippen LogP contribution < -0.4 is 43.4 Å². The zero-order valence-electron chi connectivity index (χ0n) is 23.0. The van der Waals surface area contributed by atoms with Crippen LogP contribution >= 0.6 is 0 Å². The maximum Gasteiger partial charge on any atom is 0.0183 e. The molecule has 2 heterocycles. The number of rotatable bonds is 0. The topological polar surface area (TPSA) is 209 Å². The molecule has 38 heavy (non-hydrogen) atoms. The summed E-state index contributed by atoms with van der Waals surface area (Å²) in [5.41, 5.74) is 62.5. The van der Waals surface area contributed by atoms with Gasteiger partial charge >= 0.3 is 0 Å². The van der Waals surface area contributed by atoms with Crippen LogP contribution in [0.1, 0.15) is 55.4 Å². The quantitative estimate of drug-likeness (QED) is 0.186. The first-order valence-corrected chi connectivity index (χ1v) is 11.4. The maximum atomic E-state index is 4.15. The monoisotopic (exact) mass is 620 g/mol. The molecule has 2 aliphatic rings. The number of hydrogen-bond acceptors (Lipinski definition) is 8. The first-order valence-electron chi connectivity index (χ1n) is 11.4. The molecule has 2 rings (SSSR count). The van der Waals surface area contributed by atoms with Gasteiger partial charge in [0, 0.05) is 59.7 Å². The summed E-state index contributed by atoms with van der Waals surface area (Å²) >= 11 is 0. The summed E-state index contributed by atoms with van der Waals surface area (Å²) in [7, 11) is 0. The van der Waals surface area contributed by atoms with E-state index in [1.807, 2.05) is 55.4 Å². The number of hydrogen-bond donors (Lipinski definition) is 8. The first-order chi connectivity index (χ1) is 17.2. The molecule has 16 nitrogen and oxygen atoms in total. The minimum Gasteiger partial charge on any atom is -0.627 e. The molecule has 8 N–H and O–H groups in total. The van der Waals surface area contributed by atoms with Crippen LogP contribution in [0.2, 0.25) is 0 Å². The van der Waals surface area contributed by atoms with Gasteiger partial charge in [-0.1, -0.05) is 55.4 Å². The van der Waals surface area contributed by atoms with Crippen molar-refractivity contribution in [3.8, 4) is 0 Å². The van der Waals surface area contributed by atoms with Crippen LogP contribution in [0.3, 0.4) is 0 Å². The molecule has 0 fully saturated rings. The molecule has 0 aromatic carbocycles. The van der Waals surface area contributed by atoms with Crippen molar-refractivity contribution in [2.45, 2.75) is 55.4 Å². The SMILES string of the molecule is CC1=C(C)[N-]NCN[N-]C(C)=C(C)[N-]NCN[N-]1.CC1=C(C)[N-]NCN[N-]C(C)=C(C)[N-]NCN[N-]1.[Ni].[Ni]. The molecule has 0 amide bonds. The van der Waals surface area contributed by atoms with Crippen molar-refractivity contribution >= 4 is 0 Å². The maximum absolute atomic E-state index is 4.15. The molecule has 18 heteroatoms. The van der Waals surface area contributed by atoms with Crippen LogP contribution in [-0.4, -0.2) is 26.7 Å². The van der Waals surface area contributed by atoms with Gasteiger partial charge in [0.2, 0.25) is 0 Å². The van der Waals surface area contributed by atoms with Gasteiger partial charge in [0.05, 0.1) is 0 Å². The van der Waals surface area contributed by atoms with Crippen LogP contribution in [-0.2, 0) is 33.0 Å². The molecule has 0 aromatic heterocycles. The van der Waals surface area contributed by atoms with Crippen LogP contribution in [0, 0.1) is 0 Å². The predicted octanol–water partition coefficient (Wildman–Crippen LogP) is 3.86. The Labute approximate surface area is 247 Å². The summed E-state index contributed by atoms with van der Waals surface area (Å²) in [4.78, 5) is 0. The minimum atomic E-state index is 0. The average molecular weight is 622 g/mol. The van der Waals surface area contributed by atoms with Gasteiger partial charge in [0.25, 0.3) is 0 Å². The van der Waals surface area contributed by atoms with Crippen molar-refractivity contribution in [1.82, 2.24) is 43.4 Å². The largest absolute Gasteiger partial charge is 0.627 e. The average Bonchev–Trinajstić information content (AvgIpc) is 2.86. The number of allylic oxidation sites excluding steroid dienone is 8. The van der Waals surface area contributed by atoms with Crippen molar-refractivity contribution in [2.24, 2.45) is 0 Å². The van der Waals surface area contributed by atoms with Gasteiger partial charge in [-0.25, -0.2) is 0 Å². The van der Waals surface area contributed by atoms with Crippen molar-refractivity contribution in [1.29, 1.82) is 0 Å². The predicted molar refractivity (Wildman–Crippen MR) is 145 cm³/mol. The van der Waals surface area contributed by atoms with Crippen molar-refractivity contribution in [3.63, 3.8) is 0 Å². The van der Waals surface area contributed by atoms with Crippen molar-refractivity contribution in [3.05, 3.63) is 89.0 Å². The smallest absolute Gasteiger partial charge is 0.0183 e. The molecule has 0 aromatic rings. The van der Waals surface area contributed by atoms with Gasteiger partial charge in [-0.05, 0) is 0 Å². The van der Waals surface area contributed by atoms with Gasteiger partial charge < -0.3 is 86.8 Å². The van der Waals surface area contributed by atoms with E-state index in [2.05, 4.69) is 86.8 Å². The molecule has 0 unspecified atom stereocenters. The molecule has 0 saturated carbocycles. The van der Waals surface area contributed by atoms with Crippen LogP contribution in [0.15, 0.2) is 45.6 Å². The van der Waals surface area contributed by atoms with E-state index in [1.54, 1.807) is 0 Å². The summed E-state index contributed by atoms with van der Waals surface area (Å²) in [6, 6.07) is 0. The molecule has 0 bridgehead atoms. The Balaban J connectivity index is 0. The summed E-state index contributed by atoms with van der Waals surface area (Å²) in [5.74, 6) is 0.